The van der Waals surface area contributed by atoms with Crippen LogP contribution in [0.1, 0.15) is 13.3 Å². The Morgan fingerprint density at radius 3 is 2.86 bits per heavy atom. The molecule has 0 radical (unpaired) electrons. The summed E-state index contributed by atoms with van der Waals surface area (Å²) in [7, 11) is 0. The number of thiazole rings is 1. The van der Waals surface area contributed by atoms with Gasteiger partial charge in [-0.2, -0.15) is 13.2 Å². The monoisotopic (exact) mass is 386 g/mol. The van der Waals surface area contributed by atoms with Gasteiger partial charge in [0, 0.05) is 18.5 Å². The van der Waals surface area contributed by atoms with Gasteiger partial charge in [0.2, 0.25) is 0 Å². The van der Waals surface area contributed by atoms with Gasteiger partial charge in [0.1, 0.15) is 4.60 Å². The molecule has 0 saturated carbocycles. The molecule has 21 heavy (non-hydrogen) atoms. The summed E-state index contributed by atoms with van der Waals surface area (Å²) in [4.78, 5) is 17.4. The van der Waals surface area contributed by atoms with Crippen molar-refractivity contribution in [3.05, 3.63) is 9.98 Å². The molecule has 0 aliphatic carbocycles. The van der Waals surface area contributed by atoms with Crippen LogP contribution in [-0.4, -0.2) is 36.8 Å². The number of alkyl halides is 3. The predicted octanol–water partition coefficient (Wildman–Crippen LogP) is 3.47. The molecule has 1 fully saturated rings. The van der Waals surface area contributed by atoms with Crippen molar-refractivity contribution in [1.82, 2.24) is 4.98 Å². The number of hydrogen-bond donors (Lipinski definition) is 0. The number of esters is 1. The molecule has 2 rings (SSSR count). The maximum atomic E-state index is 13.2. The molecule has 0 unspecified atom stereocenters. The number of anilines is 1. The van der Waals surface area contributed by atoms with Crippen LogP contribution < -0.4 is 4.90 Å². The van der Waals surface area contributed by atoms with Gasteiger partial charge in [-0.3, -0.25) is 4.79 Å². The molecule has 0 bridgehead atoms. The quantitative estimate of drug-likeness (QED) is 0.745. The van der Waals surface area contributed by atoms with Crippen molar-refractivity contribution < 1.29 is 22.7 Å². The van der Waals surface area contributed by atoms with Crippen molar-refractivity contribution in [2.45, 2.75) is 19.5 Å². The average molecular weight is 387 g/mol. The van der Waals surface area contributed by atoms with Crippen molar-refractivity contribution in [1.29, 1.82) is 0 Å². The Morgan fingerprint density at radius 1 is 1.62 bits per heavy atom. The molecule has 9 heteroatoms. The normalized spacial score (nSPS) is 23.2. The summed E-state index contributed by atoms with van der Waals surface area (Å²) in [5.74, 6) is -3.63. The van der Waals surface area contributed by atoms with Crippen LogP contribution in [0.4, 0.5) is 18.3 Å². The number of hydrogen-bond acceptors (Lipinski definition) is 5. The molecule has 1 aliphatic rings. The molecule has 1 aliphatic heterocycles. The standard InChI is InChI=1S/C12H14BrF3N2O2S/c1-2-20-10(19)7-3-4-18(5-8(7)12(14,15)16)11-17-9(13)6-21-11/h6-8H,2-5H2,1H3/t7-,8+/m1/s1. The second-order valence-electron chi connectivity index (χ2n) is 4.69. The third kappa shape index (κ3) is 3.88. The second kappa shape index (κ2) is 6.51. The summed E-state index contributed by atoms with van der Waals surface area (Å²) in [6, 6.07) is 0. The van der Waals surface area contributed by atoms with E-state index < -0.39 is 24.0 Å². The fraction of sp³-hybridized carbons (Fsp3) is 0.667. The molecule has 2 atom stereocenters. The van der Waals surface area contributed by atoms with Crippen LogP contribution >= 0.6 is 27.3 Å². The van der Waals surface area contributed by atoms with Crippen LogP contribution in [-0.2, 0) is 9.53 Å². The Balaban J connectivity index is 2.17. The number of nitrogens with zero attached hydrogens (tertiary/aromatic N) is 2. The maximum Gasteiger partial charge on any atom is 0.394 e. The Bertz CT molecular complexity index is 509. The topological polar surface area (TPSA) is 42.4 Å². The smallest absolute Gasteiger partial charge is 0.394 e. The van der Waals surface area contributed by atoms with E-state index >= 15 is 0 Å². The number of piperidine rings is 1. The zero-order chi connectivity index (χ0) is 15.6. The summed E-state index contributed by atoms with van der Waals surface area (Å²) in [6.45, 7) is 1.76. The summed E-state index contributed by atoms with van der Waals surface area (Å²) >= 11 is 4.46. The number of rotatable bonds is 3. The van der Waals surface area contributed by atoms with E-state index in [1.54, 1.807) is 17.2 Å². The maximum absolute atomic E-state index is 13.2. The molecule has 0 N–H and O–H groups in total. The van der Waals surface area contributed by atoms with E-state index in [9.17, 15) is 18.0 Å². The van der Waals surface area contributed by atoms with Gasteiger partial charge in [-0.05, 0) is 29.3 Å². The van der Waals surface area contributed by atoms with Crippen LogP contribution in [0.5, 0.6) is 0 Å². The number of carbonyl (C=O) groups is 1. The largest absolute Gasteiger partial charge is 0.466 e. The molecule has 0 spiro atoms. The highest BCUT2D eigenvalue weighted by Crippen LogP contribution is 2.40. The number of ether oxygens (including phenoxy) is 1. The van der Waals surface area contributed by atoms with E-state index in [2.05, 4.69) is 20.9 Å². The van der Waals surface area contributed by atoms with Gasteiger partial charge in [-0.25, -0.2) is 4.98 Å². The van der Waals surface area contributed by atoms with E-state index in [4.69, 9.17) is 4.74 Å². The fourth-order valence-electron chi connectivity index (χ4n) is 2.38. The van der Waals surface area contributed by atoms with E-state index in [1.165, 1.54) is 11.3 Å². The van der Waals surface area contributed by atoms with Crippen LogP contribution in [0.2, 0.25) is 0 Å². The minimum atomic E-state index is -4.44. The fourth-order valence-corrected chi connectivity index (χ4v) is 3.67. The van der Waals surface area contributed by atoms with E-state index in [-0.39, 0.29) is 19.6 Å². The molecule has 118 valence electrons. The van der Waals surface area contributed by atoms with Crippen molar-refractivity contribution in [3.63, 3.8) is 0 Å². The molecule has 1 aromatic heterocycles. The van der Waals surface area contributed by atoms with Gasteiger partial charge in [0.05, 0.1) is 18.4 Å². The van der Waals surface area contributed by atoms with Gasteiger partial charge in [-0.15, -0.1) is 11.3 Å². The molecular weight excluding hydrogens is 373 g/mol. The number of halogens is 4. The Hall–Kier alpha value is -0.830. The molecule has 0 amide bonds. The zero-order valence-electron chi connectivity index (χ0n) is 11.2. The van der Waals surface area contributed by atoms with E-state index in [0.717, 1.165) is 0 Å². The van der Waals surface area contributed by atoms with Crippen LogP contribution in [0.3, 0.4) is 0 Å². The van der Waals surface area contributed by atoms with Gasteiger partial charge in [-0.1, -0.05) is 0 Å². The first-order chi connectivity index (χ1) is 9.82. The third-order valence-corrected chi connectivity index (χ3v) is 4.97. The lowest BCUT2D eigenvalue weighted by molar-refractivity contribution is -0.199. The molecule has 4 nitrogen and oxygen atoms in total. The molecule has 0 aromatic carbocycles. The van der Waals surface area contributed by atoms with Gasteiger partial charge in [0.15, 0.2) is 5.13 Å². The number of carbonyl (C=O) groups excluding carboxylic acids is 1. The minimum Gasteiger partial charge on any atom is -0.466 e. The van der Waals surface area contributed by atoms with Crippen LogP contribution in [0.15, 0.2) is 9.98 Å². The van der Waals surface area contributed by atoms with Gasteiger partial charge >= 0.3 is 12.1 Å². The summed E-state index contributed by atoms with van der Waals surface area (Å²) < 4.78 is 45.0. The van der Waals surface area contributed by atoms with Gasteiger partial charge in [0.25, 0.3) is 0 Å². The van der Waals surface area contributed by atoms with Crippen LogP contribution in [0.25, 0.3) is 0 Å². The summed E-state index contributed by atoms with van der Waals surface area (Å²) in [5.41, 5.74) is 0. The second-order valence-corrected chi connectivity index (χ2v) is 6.34. The molecule has 2 heterocycles. The zero-order valence-corrected chi connectivity index (χ0v) is 13.6. The lowest BCUT2D eigenvalue weighted by Gasteiger charge is -2.38. The lowest BCUT2D eigenvalue weighted by Crippen LogP contribution is -2.49. The highest BCUT2D eigenvalue weighted by atomic mass is 79.9. The predicted molar refractivity (Wildman–Crippen MR) is 76.3 cm³/mol. The Kier molecular flexibility index (Phi) is 5.13. The average Bonchev–Trinajstić information content (AvgIpc) is 2.84. The van der Waals surface area contributed by atoms with Crippen molar-refractivity contribution in [2.24, 2.45) is 11.8 Å². The highest BCUT2D eigenvalue weighted by Gasteiger charge is 2.50. The molecular formula is C12H14BrF3N2O2S. The van der Waals surface area contributed by atoms with E-state index in [1.807, 2.05) is 0 Å². The first kappa shape index (κ1) is 16.5. The lowest BCUT2D eigenvalue weighted by atomic mass is 9.85. The summed E-state index contributed by atoms with van der Waals surface area (Å²) in [5, 5.41) is 2.24. The third-order valence-electron chi connectivity index (χ3n) is 3.36. The Labute approximate surface area is 132 Å². The van der Waals surface area contributed by atoms with Gasteiger partial charge < -0.3 is 9.64 Å². The highest BCUT2D eigenvalue weighted by molar-refractivity contribution is 9.10. The van der Waals surface area contributed by atoms with Crippen molar-refractivity contribution in [2.75, 3.05) is 24.6 Å². The molecule has 1 aromatic rings. The van der Waals surface area contributed by atoms with Crippen LogP contribution in [0, 0.1) is 11.8 Å². The summed E-state index contributed by atoms with van der Waals surface area (Å²) in [6.07, 6.45) is -4.33. The Morgan fingerprint density at radius 2 is 2.33 bits per heavy atom. The molecule has 1 saturated heterocycles. The number of aromatic nitrogens is 1. The first-order valence-corrected chi connectivity index (χ1v) is 8.09. The SMILES string of the molecule is CCOC(=O)[C@@H]1CCN(c2nc(Br)cs2)C[C@@H]1C(F)(F)F. The first-order valence-electron chi connectivity index (χ1n) is 6.42. The minimum absolute atomic E-state index is 0.0864. The van der Waals surface area contributed by atoms with Crippen molar-refractivity contribution >= 4 is 38.4 Å². The van der Waals surface area contributed by atoms with Crippen molar-refractivity contribution in [3.8, 4) is 0 Å². The van der Waals surface area contributed by atoms with E-state index in [0.29, 0.717) is 16.3 Å².